The Hall–Kier alpha value is -3.01. The fraction of sp³-hybridized carbons (Fsp3) is 0.292. The Labute approximate surface area is 166 Å². The van der Waals surface area contributed by atoms with Crippen molar-refractivity contribution in [2.75, 3.05) is 5.32 Å². The predicted molar refractivity (Wildman–Crippen MR) is 113 cm³/mol. The number of benzene rings is 2. The maximum absolute atomic E-state index is 12.7. The van der Waals surface area contributed by atoms with E-state index >= 15 is 0 Å². The number of anilines is 1. The highest BCUT2D eigenvalue weighted by Gasteiger charge is 2.24. The quantitative estimate of drug-likeness (QED) is 0.538. The fourth-order valence-corrected chi connectivity index (χ4v) is 3.11. The average Bonchev–Trinajstić information content (AvgIpc) is 3.13. The molecule has 0 spiro atoms. The Morgan fingerprint density at radius 3 is 2.43 bits per heavy atom. The number of rotatable bonds is 8. The summed E-state index contributed by atoms with van der Waals surface area (Å²) in [6, 6.07) is 20.0. The number of hydrogen-bond donors (Lipinski definition) is 2. The number of esters is 1. The van der Waals surface area contributed by atoms with Crippen LogP contribution < -0.4 is 5.32 Å². The molecule has 0 aliphatic carbocycles. The summed E-state index contributed by atoms with van der Waals surface area (Å²) in [6.45, 7) is 6.32. The molecule has 0 bridgehead atoms. The van der Waals surface area contributed by atoms with E-state index in [9.17, 15) is 4.79 Å². The highest BCUT2D eigenvalue weighted by Crippen LogP contribution is 2.17. The monoisotopic (exact) mass is 376 g/mol. The molecule has 0 radical (unpaired) electrons. The van der Waals surface area contributed by atoms with Crippen LogP contribution in [0.5, 0.6) is 0 Å². The van der Waals surface area contributed by atoms with E-state index in [1.807, 2.05) is 75.5 Å². The highest BCUT2D eigenvalue weighted by molar-refractivity contribution is 5.79. The summed E-state index contributed by atoms with van der Waals surface area (Å²) in [4.78, 5) is 15.9. The normalized spacial score (nSPS) is 12.0. The zero-order valence-electron chi connectivity index (χ0n) is 16.7. The number of H-pyrrole nitrogens is 1. The van der Waals surface area contributed by atoms with Crippen molar-refractivity contribution in [1.29, 1.82) is 0 Å². The molecule has 0 fully saturated rings. The van der Waals surface area contributed by atoms with Crippen LogP contribution in [0, 0.1) is 12.8 Å². The molecular formula is C24H28N2O2. The summed E-state index contributed by atoms with van der Waals surface area (Å²) in [5.41, 5.74) is 5.43. The van der Waals surface area contributed by atoms with Gasteiger partial charge in [0.1, 0.15) is 12.6 Å². The molecule has 1 unspecified atom stereocenters. The van der Waals surface area contributed by atoms with Crippen molar-refractivity contribution in [2.24, 2.45) is 5.92 Å². The molecule has 146 valence electrons. The minimum Gasteiger partial charge on any atom is -0.458 e. The Morgan fingerprint density at radius 1 is 1.04 bits per heavy atom. The lowest BCUT2D eigenvalue weighted by Gasteiger charge is -2.22. The first-order chi connectivity index (χ1) is 13.5. The molecule has 2 N–H and O–H groups in total. The standard InChI is InChI=1S/C24H28N2O2/c1-17(2)23(26-21-11-9-18(3)10-12-21)24(27)28-16-22-20(13-14-25-22)15-19-7-5-4-6-8-19/h4-14,17,23,25-26H,15-16H2,1-3H3. The maximum Gasteiger partial charge on any atom is 0.329 e. The van der Waals surface area contributed by atoms with Crippen LogP contribution in [-0.4, -0.2) is 17.0 Å². The average molecular weight is 377 g/mol. The minimum atomic E-state index is -0.393. The zero-order chi connectivity index (χ0) is 19.9. The molecule has 4 nitrogen and oxygen atoms in total. The van der Waals surface area contributed by atoms with Crippen LogP contribution in [-0.2, 0) is 22.6 Å². The Morgan fingerprint density at radius 2 is 1.75 bits per heavy atom. The van der Waals surface area contributed by atoms with Gasteiger partial charge in [0.25, 0.3) is 0 Å². The lowest BCUT2D eigenvalue weighted by molar-refractivity contribution is -0.147. The molecule has 1 atom stereocenters. The van der Waals surface area contributed by atoms with Crippen molar-refractivity contribution < 1.29 is 9.53 Å². The molecule has 4 heteroatoms. The third-order valence-corrected chi connectivity index (χ3v) is 4.82. The van der Waals surface area contributed by atoms with Gasteiger partial charge in [-0.25, -0.2) is 4.79 Å². The van der Waals surface area contributed by atoms with Crippen LogP contribution in [0.15, 0.2) is 66.9 Å². The summed E-state index contributed by atoms with van der Waals surface area (Å²) >= 11 is 0. The van der Waals surface area contributed by atoms with Gasteiger partial charge in [-0.1, -0.05) is 61.9 Å². The number of aromatic amines is 1. The van der Waals surface area contributed by atoms with Gasteiger partial charge in [-0.3, -0.25) is 0 Å². The molecule has 0 aliphatic rings. The van der Waals surface area contributed by atoms with Crippen molar-refractivity contribution in [3.63, 3.8) is 0 Å². The van der Waals surface area contributed by atoms with Crippen molar-refractivity contribution in [2.45, 2.75) is 39.8 Å². The summed E-state index contributed by atoms with van der Waals surface area (Å²) in [5.74, 6) is -0.128. The molecular weight excluding hydrogens is 348 g/mol. The van der Waals surface area contributed by atoms with Gasteiger partial charge in [0.05, 0.1) is 5.69 Å². The first-order valence-electron chi connectivity index (χ1n) is 9.72. The van der Waals surface area contributed by atoms with E-state index in [1.165, 1.54) is 11.1 Å². The van der Waals surface area contributed by atoms with E-state index in [1.54, 1.807) is 0 Å². The van der Waals surface area contributed by atoms with E-state index in [0.717, 1.165) is 23.4 Å². The van der Waals surface area contributed by atoms with Gasteiger partial charge in [0.15, 0.2) is 0 Å². The Balaban J connectivity index is 1.62. The number of nitrogens with one attached hydrogen (secondary N) is 2. The second kappa shape index (κ2) is 9.27. The summed E-state index contributed by atoms with van der Waals surface area (Å²) in [5, 5.41) is 3.31. The summed E-state index contributed by atoms with van der Waals surface area (Å²) in [7, 11) is 0. The fourth-order valence-electron chi connectivity index (χ4n) is 3.11. The topological polar surface area (TPSA) is 54.1 Å². The SMILES string of the molecule is Cc1ccc(NC(C(=O)OCc2[nH]ccc2Cc2ccccc2)C(C)C)cc1. The second-order valence-electron chi connectivity index (χ2n) is 7.48. The first kappa shape index (κ1) is 19.7. The molecule has 0 amide bonds. The van der Waals surface area contributed by atoms with E-state index in [2.05, 4.69) is 22.4 Å². The molecule has 1 heterocycles. The molecule has 3 aromatic rings. The molecule has 0 saturated heterocycles. The largest absolute Gasteiger partial charge is 0.458 e. The predicted octanol–water partition coefficient (Wildman–Crippen LogP) is 5.09. The molecule has 3 rings (SSSR count). The molecule has 28 heavy (non-hydrogen) atoms. The maximum atomic E-state index is 12.7. The van der Waals surface area contributed by atoms with Crippen LogP contribution in [0.25, 0.3) is 0 Å². The highest BCUT2D eigenvalue weighted by atomic mass is 16.5. The van der Waals surface area contributed by atoms with Crippen LogP contribution in [0.3, 0.4) is 0 Å². The molecule has 0 saturated carbocycles. The number of hydrogen-bond acceptors (Lipinski definition) is 3. The Bertz CT molecular complexity index is 882. The smallest absolute Gasteiger partial charge is 0.329 e. The lowest BCUT2D eigenvalue weighted by atomic mass is 10.0. The molecule has 1 aromatic heterocycles. The van der Waals surface area contributed by atoms with E-state index in [4.69, 9.17) is 4.74 Å². The molecule has 2 aromatic carbocycles. The van der Waals surface area contributed by atoms with Gasteiger partial charge in [-0.2, -0.15) is 0 Å². The summed E-state index contributed by atoms with van der Waals surface area (Å²) in [6.07, 6.45) is 2.71. The number of carbonyl (C=O) groups excluding carboxylic acids is 1. The summed E-state index contributed by atoms with van der Waals surface area (Å²) < 4.78 is 5.65. The number of carbonyl (C=O) groups is 1. The van der Waals surface area contributed by atoms with Crippen LogP contribution in [0.2, 0.25) is 0 Å². The second-order valence-corrected chi connectivity index (χ2v) is 7.48. The zero-order valence-corrected chi connectivity index (χ0v) is 16.7. The van der Waals surface area contributed by atoms with E-state index in [0.29, 0.717) is 0 Å². The molecule has 0 aliphatic heterocycles. The van der Waals surface area contributed by atoms with Gasteiger partial charge < -0.3 is 15.0 Å². The van der Waals surface area contributed by atoms with Gasteiger partial charge >= 0.3 is 5.97 Å². The van der Waals surface area contributed by atoms with E-state index in [-0.39, 0.29) is 18.5 Å². The van der Waals surface area contributed by atoms with Crippen molar-refractivity contribution in [3.05, 3.63) is 89.2 Å². The Kier molecular flexibility index (Phi) is 6.53. The first-order valence-corrected chi connectivity index (χ1v) is 9.72. The van der Waals surface area contributed by atoms with Crippen molar-refractivity contribution in [3.8, 4) is 0 Å². The van der Waals surface area contributed by atoms with Crippen LogP contribution in [0.4, 0.5) is 5.69 Å². The number of ether oxygens (including phenoxy) is 1. The van der Waals surface area contributed by atoms with Crippen LogP contribution >= 0.6 is 0 Å². The van der Waals surface area contributed by atoms with Crippen molar-refractivity contribution >= 4 is 11.7 Å². The third kappa shape index (κ3) is 5.26. The minimum absolute atomic E-state index is 0.112. The number of aryl methyl sites for hydroxylation is 1. The third-order valence-electron chi connectivity index (χ3n) is 4.82. The van der Waals surface area contributed by atoms with Gasteiger partial charge in [-0.15, -0.1) is 0 Å². The van der Waals surface area contributed by atoms with Crippen molar-refractivity contribution in [1.82, 2.24) is 4.98 Å². The van der Waals surface area contributed by atoms with Gasteiger partial charge in [-0.05, 0) is 48.6 Å². The van der Waals surface area contributed by atoms with E-state index < -0.39 is 6.04 Å². The van der Waals surface area contributed by atoms with Crippen LogP contribution in [0.1, 0.15) is 36.2 Å². The lowest BCUT2D eigenvalue weighted by Crippen LogP contribution is -2.36. The van der Waals surface area contributed by atoms with Gasteiger partial charge in [0.2, 0.25) is 0 Å². The number of aromatic nitrogens is 1. The van der Waals surface area contributed by atoms with Gasteiger partial charge in [0, 0.05) is 11.9 Å².